The molecule has 1 aliphatic rings. The minimum absolute atomic E-state index is 0.00843. The van der Waals surface area contributed by atoms with Gasteiger partial charge in [-0.25, -0.2) is 13.4 Å². The van der Waals surface area contributed by atoms with E-state index in [4.69, 9.17) is 23.2 Å². The summed E-state index contributed by atoms with van der Waals surface area (Å²) >= 11 is 11.9. The molecule has 2 heterocycles. The van der Waals surface area contributed by atoms with E-state index in [1.807, 2.05) is 37.2 Å². The van der Waals surface area contributed by atoms with E-state index in [1.165, 1.54) is 18.2 Å². The summed E-state index contributed by atoms with van der Waals surface area (Å²) in [5, 5.41) is 3.82. The maximum Gasteiger partial charge on any atom is 0.261 e. The van der Waals surface area contributed by atoms with E-state index in [-0.39, 0.29) is 14.9 Å². The van der Waals surface area contributed by atoms with Crippen LogP contribution in [0.25, 0.3) is 0 Å². The van der Waals surface area contributed by atoms with Crippen LogP contribution in [0.15, 0.2) is 53.6 Å². The fourth-order valence-corrected chi connectivity index (χ4v) is 5.33. The maximum absolute atomic E-state index is 12.8. The van der Waals surface area contributed by atoms with Gasteiger partial charge in [-0.15, -0.1) is 0 Å². The minimum Gasteiger partial charge on any atom is -0.369 e. The Kier molecular flexibility index (Phi) is 6.94. The normalized spacial score (nSPS) is 13.3. The molecule has 0 spiro atoms. The van der Waals surface area contributed by atoms with Gasteiger partial charge in [0.25, 0.3) is 10.0 Å². The van der Waals surface area contributed by atoms with Crippen molar-refractivity contribution in [3.05, 3.63) is 64.3 Å². The van der Waals surface area contributed by atoms with Crippen molar-refractivity contribution in [3.8, 4) is 0 Å². The van der Waals surface area contributed by atoms with Crippen molar-refractivity contribution in [1.29, 1.82) is 0 Å². The number of rotatable bonds is 8. The monoisotopic (exact) mass is 506 g/mol. The molecule has 174 valence electrons. The molecule has 1 aromatic heterocycles. The van der Waals surface area contributed by atoms with Crippen LogP contribution in [0.3, 0.4) is 0 Å². The van der Waals surface area contributed by atoms with Crippen LogP contribution in [0.4, 0.5) is 23.1 Å². The van der Waals surface area contributed by atoms with Gasteiger partial charge in [-0.2, -0.15) is 4.98 Å². The lowest BCUT2D eigenvalue weighted by atomic mass is 10.1. The topological polar surface area (TPSA) is 90.5 Å². The molecular formula is C22H24Cl2N6O2S. The number of hydrogen-bond acceptors (Lipinski definition) is 7. The predicted octanol–water partition coefficient (Wildman–Crippen LogP) is 4.25. The Balaban J connectivity index is 1.51. The lowest BCUT2D eigenvalue weighted by Crippen LogP contribution is -2.22. The van der Waals surface area contributed by atoms with Crippen molar-refractivity contribution in [2.24, 2.45) is 0 Å². The molecule has 2 N–H and O–H groups in total. The lowest BCUT2D eigenvalue weighted by Gasteiger charge is -2.18. The average molecular weight is 507 g/mol. The van der Waals surface area contributed by atoms with E-state index in [2.05, 4.69) is 24.9 Å². The molecule has 0 saturated heterocycles. The number of aromatic nitrogens is 2. The zero-order valence-corrected chi connectivity index (χ0v) is 20.5. The summed E-state index contributed by atoms with van der Waals surface area (Å²) in [6.07, 6.45) is 2.48. The lowest BCUT2D eigenvalue weighted by molar-refractivity contribution is 0.425. The fraction of sp³-hybridized carbons (Fsp3) is 0.273. The summed E-state index contributed by atoms with van der Waals surface area (Å²) in [7, 11) is 0.210. The molecule has 33 heavy (non-hydrogen) atoms. The maximum atomic E-state index is 12.8. The second kappa shape index (κ2) is 9.72. The quantitative estimate of drug-likeness (QED) is 0.471. The van der Waals surface area contributed by atoms with Crippen molar-refractivity contribution in [2.75, 3.05) is 48.7 Å². The molecule has 1 aliphatic heterocycles. The van der Waals surface area contributed by atoms with Gasteiger partial charge in [0.2, 0.25) is 5.95 Å². The highest BCUT2D eigenvalue weighted by atomic mass is 35.5. The number of fused-ring (bicyclic) bond motifs is 1. The first-order chi connectivity index (χ1) is 15.7. The average Bonchev–Trinajstić information content (AvgIpc) is 3.16. The third-order valence-corrected chi connectivity index (χ3v) is 6.92. The van der Waals surface area contributed by atoms with Crippen LogP contribution in [0, 0.1) is 0 Å². The fourth-order valence-electron chi connectivity index (χ4n) is 3.56. The standard InChI is InChI=1S/C22H24Cl2N6O2S/c1-29(2)10-8-25-21-5-7-26-22(27-21)30-9-6-15-11-18(3-4-20(15)30)28-33(31,32)19-13-16(23)12-17(24)14-19/h3-5,7,11-14,28H,6,8-10H2,1-2H3,(H,25,26,27). The van der Waals surface area contributed by atoms with Crippen molar-refractivity contribution in [3.63, 3.8) is 0 Å². The highest BCUT2D eigenvalue weighted by Crippen LogP contribution is 2.35. The summed E-state index contributed by atoms with van der Waals surface area (Å²) in [4.78, 5) is 13.2. The Labute approximate surface area is 203 Å². The predicted molar refractivity (Wildman–Crippen MR) is 133 cm³/mol. The summed E-state index contributed by atoms with van der Waals surface area (Å²) in [5.74, 6) is 1.37. The van der Waals surface area contributed by atoms with E-state index < -0.39 is 10.0 Å². The van der Waals surface area contributed by atoms with E-state index in [1.54, 1.807) is 12.3 Å². The van der Waals surface area contributed by atoms with Crippen LogP contribution >= 0.6 is 23.2 Å². The van der Waals surface area contributed by atoms with E-state index in [0.717, 1.165) is 36.6 Å². The smallest absolute Gasteiger partial charge is 0.261 e. The van der Waals surface area contributed by atoms with Gasteiger partial charge in [-0.05, 0) is 68.5 Å². The number of nitrogens with one attached hydrogen (secondary N) is 2. The van der Waals surface area contributed by atoms with Crippen LogP contribution < -0.4 is 14.9 Å². The zero-order valence-electron chi connectivity index (χ0n) is 18.2. The Bertz CT molecular complexity index is 1250. The third kappa shape index (κ3) is 5.67. The van der Waals surface area contributed by atoms with Crippen molar-refractivity contribution < 1.29 is 8.42 Å². The van der Waals surface area contributed by atoms with Crippen LogP contribution in [-0.4, -0.2) is 57.0 Å². The molecule has 0 amide bonds. The van der Waals surface area contributed by atoms with Crippen LogP contribution in [0.1, 0.15) is 5.56 Å². The van der Waals surface area contributed by atoms with Crippen LogP contribution in [-0.2, 0) is 16.4 Å². The Morgan fingerprint density at radius 2 is 1.85 bits per heavy atom. The molecule has 0 saturated carbocycles. The van der Waals surface area contributed by atoms with Gasteiger partial charge >= 0.3 is 0 Å². The molecule has 4 rings (SSSR count). The molecule has 8 nitrogen and oxygen atoms in total. The van der Waals surface area contributed by atoms with Gasteiger partial charge in [-0.1, -0.05) is 23.2 Å². The second-order valence-electron chi connectivity index (χ2n) is 7.93. The molecule has 0 aliphatic carbocycles. The summed E-state index contributed by atoms with van der Waals surface area (Å²) < 4.78 is 28.2. The number of nitrogens with zero attached hydrogens (tertiary/aromatic N) is 4. The van der Waals surface area contributed by atoms with E-state index in [0.29, 0.717) is 18.2 Å². The first kappa shape index (κ1) is 23.6. The number of likely N-dealkylation sites (N-methyl/N-ethyl adjacent to an activating group) is 1. The van der Waals surface area contributed by atoms with Gasteiger partial charge < -0.3 is 15.1 Å². The molecule has 0 unspecified atom stereocenters. The third-order valence-electron chi connectivity index (χ3n) is 5.12. The number of halogens is 2. The Hall–Kier alpha value is -2.59. The van der Waals surface area contributed by atoms with Crippen molar-refractivity contribution in [1.82, 2.24) is 14.9 Å². The number of hydrogen-bond donors (Lipinski definition) is 2. The van der Waals surface area contributed by atoms with Gasteiger partial charge in [0.15, 0.2) is 0 Å². The summed E-state index contributed by atoms with van der Waals surface area (Å²) in [6.45, 7) is 2.38. The van der Waals surface area contributed by atoms with Gasteiger partial charge in [-0.3, -0.25) is 4.72 Å². The van der Waals surface area contributed by atoms with E-state index >= 15 is 0 Å². The Morgan fingerprint density at radius 3 is 2.58 bits per heavy atom. The summed E-state index contributed by atoms with van der Waals surface area (Å²) in [5.41, 5.74) is 2.43. The Morgan fingerprint density at radius 1 is 1.09 bits per heavy atom. The second-order valence-corrected chi connectivity index (χ2v) is 10.5. The van der Waals surface area contributed by atoms with Crippen molar-refractivity contribution in [2.45, 2.75) is 11.3 Å². The van der Waals surface area contributed by atoms with Gasteiger partial charge in [0.1, 0.15) is 5.82 Å². The van der Waals surface area contributed by atoms with Gasteiger partial charge in [0.05, 0.1) is 4.90 Å². The minimum atomic E-state index is -3.83. The molecule has 0 atom stereocenters. The SMILES string of the molecule is CN(C)CCNc1ccnc(N2CCc3cc(NS(=O)(=O)c4cc(Cl)cc(Cl)c4)ccc32)n1. The molecular weight excluding hydrogens is 483 g/mol. The first-order valence-corrected chi connectivity index (χ1v) is 12.6. The molecule has 0 bridgehead atoms. The molecule has 3 aromatic rings. The highest BCUT2D eigenvalue weighted by Gasteiger charge is 2.24. The highest BCUT2D eigenvalue weighted by molar-refractivity contribution is 7.92. The number of sulfonamides is 1. The van der Waals surface area contributed by atoms with E-state index in [9.17, 15) is 8.42 Å². The molecule has 0 radical (unpaired) electrons. The molecule has 11 heteroatoms. The summed E-state index contributed by atoms with van der Waals surface area (Å²) in [6, 6.07) is 11.5. The first-order valence-electron chi connectivity index (χ1n) is 10.3. The molecule has 0 fully saturated rings. The van der Waals surface area contributed by atoms with Gasteiger partial charge in [0, 0.05) is 47.3 Å². The van der Waals surface area contributed by atoms with Crippen LogP contribution in [0.5, 0.6) is 0 Å². The largest absolute Gasteiger partial charge is 0.369 e. The van der Waals surface area contributed by atoms with Crippen molar-refractivity contribution >= 4 is 56.4 Å². The molecule has 2 aromatic carbocycles. The number of anilines is 4. The zero-order chi connectivity index (χ0) is 23.6. The van der Waals surface area contributed by atoms with Crippen LogP contribution in [0.2, 0.25) is 10.0 Å². The number of benzene rings is 2.